The lowest BCUT2D eigenvalue weighted by molar-refractivity contribution is 0.414. The van der Waals surface area contributed by atoms with Gasteiger partial charge in [0.25, 0.3) is 0 Å². The van der Waals surface area contributed by atoms with Crippen molar-refractivity contribution in [2.24, 2.45) is 0 Å². The van der Waals surface area contributed by atoms with E-state index in [0.717, 1.165) is 49.5 Å². The number of benzene rings is 5. The molecule has 0 aliphatic rings. The Hall–Kier alpha value is -4.70. The van der Waals surface area contributed by atoms with E-state index < -0.39 is 0 Å². The van der Waals surface area contributed by atoms with Crippen LogP contribution in [-0.4, -0.2) is 17.3 Å². The highest BCUT2D eigenvalue weighted by Crippen LogP contribution is 2.36. The monoisotopic (exact) mass is 454 g/mol. The summed E-state index contributed by atoms with van der Waals surface area (Å²) in [6.45, 7) is 0. The zero-order chi connectivity index (χ0) is 23.6. The first kappa shape index (κ1) is 20.9. The molecular formula is C31H22N2O2. The minimum Gasteiger partial charge on any atom is -0.496 e. The van der Waals surface area contributed by atoms with E-state index in [-0.39, 0.29) is 0 Å². The fourth-order valence-electron chi connectivity index (χ4n) is 4.41. The van der Waals surface area contributed by atoms with Crippen molar-refractivity contribution in [3.8, 4) is 28.7 Å². The van der Waals surface area contributed by atoms with Gasteiger partial charge in [0, 0.05) is 11.1 Å². The molecule has 0 N–H and O–H groups in total. The number of hydrogen-bond donors (Lipinski definition) is 0. The molecule has 0 amide bonds. The van der Waals surface area contributed by atoms with Crippen molar-refractivity contribution in [2.45, 2.75) is 0 Å². The quantitative estimate of drug-likeness (QED) is 0.196. The highest BCUT2D eigenvalue weighted by Gasteiger charge is 2.16. The number of fused-ring (bicyclic) bond motifs is 2. The van der Waals surface area contributed by atoms with Gasteiger partial charge in [-0.3, -0.25) is 0 Å². The number of nitrogens with zero attached hydrogens (tertiary/aromatic N) is 2. The molecule has 0 radical (unpaired) electrons. The Kier molecular flexibility index (Phi) is 5.32. The molecule has 6 rings (SSSR count). The van der Waals surface area contributed by atoms with E-state index in [1.54, 1.807) is 7.11 Å². The summed E-state index contributed by atoms with van der Waals surface area (Å²) in [6, 6.07) is 34.8. The Morgan fingerprint density at radius 2 is 1.29 bits per heavy atom. The average Bonchev–Trinajstić information content (AvgIpc) is 3.41. The Balaban J connectivity index is 1.34. The molecule has 1 heterocycles. The highest BCUT2D eigenvalue weighted by molar-refractivity contribution is 6.11. The first-order valence-corrected chi connectivity index (χ1v) is 11.5. The minimum absolute atomic E-state index is 0.497. The van der Waals surface area contributed by atoms with E-state index in [1.807, 2.05) is 78.9 Å². The number of hydrogen-bond acceptors (Lipinski definition) is 4. The number of rotatable bonds is 5. The van der Waals surface area contributed by atoms with Crippen LogP contribution in [0.3, 0.4) is 0 Å². The first-order chi connectivity index (χ1) is 17.3. The topological polar surface area (TPSA) is 48.2 Å². The van der Waals surface area contributed by atoms with E-state index in [9.17, 15) is 0 Å². The second kappa shape index (κ2) is 8.92. The van der Waals surface area contributed by atoms with Crippen molar-refractivity contribution in [1.82, 2.24) is 10.2 Å². The lowest BCUT2D eigenvalue weighted by Gasteiger charge is -2.08. The van der Waals surface area contributed by atoms with Crippen LogP contribution in [0.25, 0.3) is 56.6 Å². The molecule has 6 aromatic rings. The number of methoxy groups -OCH3 is 1. The fourth-order valence-corrected chi connectivity index (χ4v) is 4.41. The summed E-state index contributed by atoms with van der Waals surface area (Å²) < 4.78 is 11.6. The van der Waals surface area contributed by atoms with Crippen molar-refractivity contribution in [3.63, 3.8) is 0 Å². The summed E-state index contributed by atoms with van der Waals surface area (Å²) >= 11 is 0. The van der Waals surface area contributed by atoms with Gasteiger partial charge in [-0.2, -0.15) is 0 Å². The van der Waals surface area contributed by atoms with Crippen LogP contribution in [0.4, 0.5) is 0 Å². The predicted octanol–water partition coefficient (Wildman–Crippen LogP) is 7.89. The summed E-state index contributed by atoms with van der Waals surface area (Å²) in [5.74, 6) is 1.87. The Labute approximate surface area is 203 Å². The van der Waals surface area contributed by atoms with Crippen LogP contribution in [0.1, 0.15) is 11.1 Å². The molecule has 168 valence electrons. The van der Waals surface area contributed by atoms with Crippen LogP contribution in [0.5, 0.6) is 5.75 Å². The lowest BCUT2D eigenvalue weighted by atomic mass is 9.97. The zero-order valence-electron chi connectivity index (χ0n) is 19.2. The maximum atomic E-state index is 6.21. The van der Waals surface area contributed by atoms with E-state index >= 15 is 0 Å². The summed E-state index contributed by atoms with van der Waals surface area (Å²) in [5.41, 5.74) is 3.94. The third-order valence-corrected chi connectivity index (χ3v) is 6.16. The second-order valence-corrected chi connectivity index (χ2v) is 8.30. The molecule has 35 heavy (non-hydrogen) atoms. The number of ether oxygens (including phenoxy) is 1. The van der Waals surface area contributed by atoms with Crippen molar-refractivity contribution in [1.29, 1.82) is 0 Å². The lowest BCUT2D eigenvalue weighted by Crippen LogP contribution is -1.85. The Bertz CT molecular complexity index is 1630. The standard InChI is InChI=1S/C31H22N2O2/c1-34-28-13-7-4-8-22(28)17-14-21-15-18-23(19-16-21)30-32-33-31(35-30)29-26-11-5-2-9-24(26)20-25-10-3-6-12-27(25)29/h2-20H,1H3/b17-14+. The highest BCUT2D eigenvalue weighted by atomic mass is 16.5. The van der Waals surface area contributed by atoms with Gasteiger partial charge < -0.3 is 9.15 Å². The van der Waals surface area contributed by atoms with E-state index in [1.165, 1.54) is 0 Å². The number of aromatic nitrogens is 2. The third kappa shape index (κ3) is 3.96. The smallest absolute Gasteiger partial charge is 0.249 e. The SMILES string of the molecule is COc1ccccc1/C=C/c1ccc(-c2nnc(-c3c4ccccc4cc4ccccc34)o2)cc1. The Morgan fingerprint density at radius 3 is 2.00 bits per heavy atom. The van der Waals surface area contributed by atoms with Gasteiger partial charge >= 0.3 is 0 Å². The van der Waals surface area contributed by atoms with Crippen molar-refractivity contribution in [2.75, 3.05) is 7.11 Å². The summed E-state index contributed by atoms with van der Waals surface area (Å²) in [4.78, 5) is 0. The van der Waals surface area contributed by atoms with E-state index in [4.69, 9.17) is 9.15 Å². The first-order valence-electron chi connectivity index (χ1n) is 11.5. The van der Waals surface area contributed by atoms with Crippen LogP contribution < -0.4 is 4.74 Å². The molecule has 0 saturated carbocycles. The van der Waals surface area contributed by atoms with Gasteiger partial charge in [0.2, 0.25) is 11.8 Å². The van der Waals surface area contributed by atoms with Crippen molar-refractivity contribution in [3.05, 3.63) is 114 Å². The molecule has 4 nitrogen and oxygen atoms in total. The minimum atomic E-state index is 0.497. The van der Waals surface area contributed by atoms with Gasteiger partial charge in [-0.15, -0.1) is 10.2 Å². The van der Waals surface area contributed by atoms with E-state index in [2.05, 4.69) is 46.6 Å². The van der Waals surface area contributed by atoms with Gasteiger partial charge in [-0.25, -0.2) is 0 Å². The number of para-hydroxylation sites is 1. The summed E-state index contributed by atoms with van der Waals surface area (Å²) in [6.07, 6.45) is 4.10. The van der Waals surface area contributed by atoms with Gasteiger partial charge in [0.15, 0.2) is 0 Å². The average molecular weight is 455 g/mol. The molecule has 0 saturated heterocycles. The molecule has 0 aliphatic carbocycles. The summed E-state index contributed by atoms with van der Waals surface area (Å²) in [5, 5.41) is 13.3. The molecule has 0 aliphatic heterocycles. The largest absolute Gasteiger partial charge is 0.496 e. The normalized spacial score (nSPS) is 11.5. The zero-order valence-corrected chi connectivity index (χ0v) is 19.2. The maximum absolute atomic E-state index is 6.21. The molecule has 0 unspecified atom stereocenters. The Morgan fingerprint density at radius 1 is 0.657 bits per heavy atom. The van der Waals surface area contributed by atoms with E-state index in [0.29, 0.717) is 11.8 Å². The second-order valence-electron chi connectivity index (χ2n) is 8.30. The van der Waals surface area contributed by atoms with Crippen LogP contribution >= 0.6 is 0 Å². The molecule has 4 heteroatoms. The van der Waals surface area contributed by atoms with Crippen LogP contribution in [0.2, 0.25) is 0 Å². The maximum Gasteiger partial charge on any atom is 0.249 e. The fraction of sp³-hybridized carbons (Fsp3) is 0.0323. The molecular weight excluding hydrogens is 432 g/mol. The molecule has 0 spiro atoms. The third-order valence-electron chi connectivity index (χ3n) is 6.16. The van der Waals surface area contributed by atoms with Gasteiger partial charge in [-0.1, -0.05) is 91.0 Å². The molecule has 5 aromatic carbocycles. The van der Waals surface area contributed by atoms with Crippen LogP contribution in [0, 0.1) is 0 Å². The van der Waals surface area contributed by atoms with Gasteiger partial charge in [-0.05, 0) is 51.4 Å². The molecule has 1 aromatic heterocycles. The van der Waals surface area contributed by atoms with Crippen molar-refractivity contribution < 1.29 is 9.15 Å². The van der Waals surface area contributed by atoms with Gasteiger partial charge in [0.1, 0.15) is 5.75 Å². The van der Waals surface area contributed by atoms with Crippen LogP contribution in [0.15, 0.2) is 108 Å². The molecule has 0 atom stereocenters. The molecule has 0 fully saturated rings. The van der Waals surface area contributed by atoms with Gasteiger partial charge in [0.05, 0.1) is 12.7 Å². The van der Waals surface area contributed by atoms with Crippen LogP contribution in [-0.2, 0) is 0 Å². The summed E-state index contributed by atoms with van der Waals surface area (Å²) in [7, 11) is 1.68. The molecule has 0 bridgehead atoms. The predicted molar refractivity (Wildman–Crippen MR) is 142 cm³/mol. The van der Waals surface area contributed by atoms with Crippen molar-refractivity contribution >= 4 is 33.7 Å².